The number of ether oxygens (including phenoxy) is 2. The summed E-state index contributed by atoms with van der Waals surface area (Å²) in [5, 5.41) is 16.5. The molecule has 4 rings (SSSR count). The quantitative estimate of drug-likeness (QED) is 0.360. The van der Waals surface area contributed by atoms with Crippen LogP contribution in [0.5, 0.6) is 5.88 Å². The molecule has 2 heterocycles. The molecule has 2 fully saturated rings. The van der Waals surface area contributed by atoms with Gasteiger partial charge >= 0.3 is 12.1 Å². The van der Waals surface area contributed by atoms with Crippen LogP contribution < -0.4 is 10.1 Å². The van der Waals surface area contributed by atoms with E-state index in [2.05, 4.69) is 10.4 Å². The summed E-state index contributed by atoms with van der Waals surface area (Å²) in [4.78, 5) is 68.6. The van der Waals surface area contributed by atoms with Crippen LogP contribution in [0.25, 0.3) is 5.69 Å². The number of para-hydroxylation sites is 1. The molecule has 1 atom stereocenters. The minimum absolute atomic E-state index is 0.0349. The molecule has 14 nitrogen and oxygen atoms in total. The zero-order valence-electron chi connectivity index (χ0n) is 26.2. The highest BCUT2D eigenvalue weighted by Crippen LogP contribution is 2.39. The lowest BCUT2D eigenvalue weighted by Gasteiger charge is -2.43. The van der Waals surface area contributed by atoms with E-state index in [1.165, 1.54) is 20.5 Å². The molecule has 14 heteroatoms. The number of hydrogen-bond acceptors (Lipinski definition) is 8. The third kappa shape index (κ3) is 7.73. The highest BCUT2D eigenvalue weighted by atomic mass is 16.6. The Hall–Kier alpha value is -4.62. The molecule has 2 aromatic rings. The van der Waals surface area contributed by atoms with Gasteiger partial charge in [0, 0.05) is 51.8 Å². The van der Waals surface area contributed by atoms with Gasteiger partial charge in [0.25, 0.3) is 11.8 Å². The topological polar surface area (TPSA) is 164 Å². The molecular formula is C31H42N6O8. The van der Waals surface area contributed by atoms with Gasteiger partial charge < -0.3 is 34.6 Å². The van der Waals surface area contributed by atoms with Crippen LogP contribution in [-0.2, 0) is 19.1 Å². The van der Waals surface area contributed by atoms with Crippen molar-refractivity contribution in [2.75, 3.05) is 39.8 Å². The molecule has 1 aromatic carbocycles. The first kappa shape index (κ1) is 33.3. The second-order valence-corrected chi connectivity index (χ2v) is 11.5. The smallest absolute Gasteiger partial charge is 0.409 e. The van der Waals surface area contributed by atoms with Gasteiger partial charge in [-0.1, -0.05) is 18.2 Å². The van der Waals surface area contributed by atoms with Crippen LogP contribution in [0.4, 0.5) is 4.79 Å². The van der Waals surface area contributed by atoms with Crippen molar-refractivity contribution in [3.8, 4) is 11.6 Å². The number of hydrogen-bond donors (Lipinski definition) is 2. The van der Waals surface area contributed by atoms with E-state index in [0.29, 0.717) is 18.5 Å². The molecule has 1 saturated heterocycles. The molecule has 1 aromatic heterocycles. The molecule has 0 spiro atoms. The van der Waals surface area contributed by atoms with E-state index < -0.39 is 35.5 Å². The van der Waals surface area contributed by atoms with E-state index in [1.807, 2.05) is 19.9 Å². The first-order valence-corrected chi connectivity index (χ1v) is 15.3. The van der Waals surface area contributed by atoms with Crippen molar-refractivity contribution in [1.82, 2.24) is 29.8 Å². The summed E-state index contributed by atoms with van der Waals surface area (Å²) in [6, 6.07) is 9.26. The van der Waals surface area contributed by atoms with Crippen LogP contribution in [0, 0.1) is 0 Å². The maximum atomic E-state index is 13.6. The summed E-state index contributed by atoms with van der Waals surface area (Å²) in [5.74, 6) is -2.22. The number of nitrogens with zero attached hydrogens (tertiary/aromatic N) is 5. The van der Waals surface area contributed by atoms with Gasteiger partial charge in [0.1, 0.15) is 6.04 Å². The van der Waals surface area contributed by atoms with Crippen LogP contribution in [0.3, 0.4) is 0 Å². The molecule has 244 valence electrons. The number of amides is 4. The van der Waals surface area contributed by atoms with E-state index in [1.54, 1.807) is 43.1 Å². The van der Waals surface area contributed by atoms with Gasteiger partial charge in [-0.15, -0.1) is 0 Å². The van der Waals surface area contributed by atoms with Crippen molar-refractivity contribution in [1.29, 1.82) is 0 Å². The van der Waals surface area contributed by atoms with E-state index in [-0.39, 0.29) is 69.2 Å². The summed E-state index contributed by atoms with van der Waals surface area (Å²) in [6.45, 7) is 6.70. The standard InChI is InChI=1S/C31H42N6O8/c1-5-44-30(43)36-18-16-35(17-19-36)28(41)23(12-13-26(38)39)32-27(40)24-20-25(37(33-24)22-10-7-6-8-11-22)45-31(14-9-15-31)29(42)34(4)21(2)3/h6-8,10-11,20-21,23H,5,9,12-19H2,1-4H3,(H,32,40)(H,38,39)/t23-/m0/s1. The molecule has 1 saturated carbocycles. The Balaban J connectivity index is 1.56. The second-order valence-electron chi connectivity index (χ2n) is 11.5. The van der Waals surface area contributed by atoms with E-state index in [0.717, 1.165) is 6.42 Å². The van der Waals surface area contributed by atoms with E-state index in [9.17, 15) is 29.1 Å². The minimum atomic E-state index is -1.15. The maximum absolute atomic E-state index is 13.6. The van der Waals surface area contributed by atoms with Crippen molar-refractivity contribution in [3.05, 3.63) is 42.1 Å². The second kappa shape index (κ2) is 14.4. The fourth-order valence-electron chi connectivity index (χ4n) is 5.22. The Kier molecular flexibility index (Phi) is 10.7. The Morgan fingerprint density at radius 2 is 1.69 bits per heavy atom. The van der Waals surface area contributed by atoms with E-state index >= 15 is 0 Å². The number of aliphatic carboxylic acids is 1. The number of nitrogens with one attached hydrogen (secondary N) is 1. The van der Waals surface area contributed by atoms with Crippen LogP contribution in [0.1, 0.15) is 63.4 Å². The number of aromatic nitrogens is 2. The molecular weight excluding hydrogens is 584 g/mol. The van der Waals surface area contributed by atoms with Crippen molar-refractivity contribution in [2.24, 2.45) is 0 Å². The molecule has 2 N–H and O–H groups in total. The van der Waals surface area contributed by atoms with Gasteiger partial charge in [0.2, 0.25) is 11.8 Å². The molecule has 0 radical (unpaired) electrons. The first-order chi connectivity index (χ1) is 21.5. The minimum Gasteiger partial charge on any atom is -0.481 e. The van der Waals surface area contributed by atoms with Crippen LogP contribution in [-0.4, -0.2) is 117 Å². The summed E-state index contributed by atoms with van der Waals surface area (Å²) in [6.07, 6.45) is 0.888. The number of carboxylic acid groups (broad SMARTS) is 1. The van der Waals surface area contributed by atoms with Gasteiger partial charge in [0.15, 0.2) is 11.3 Å². The predicted molar refractivity (Wildman–Crippen MR) is 162 cm³/mol. The summed E-state index contributed by atoms with van der Waals surface area (Å²) >= 11 is 0. The van der Waals surface area contributed by atoms with Crippen LogP contribution in [0.15, 0.2) is 36.4 Å². The van der Waals surface area contributed by atoms with Crippen LogP contribution in [0.2, 0.25) is 0 Å². The van der Waals surface area contributed by atoms with Crippen molar-refractivity contribution >= 4 is 29.8 Å². The Morgan fingerprint density at radius 3 is 2.24 bits per heavy atom. The summed E-state index contributed by atoms with van der Waals surface area (Å²) < 4.78 is 12.9. The van der Waals surface area contributed by atoms with Gasteiger partial charge in [-0.05, 0) is 58.6 Å². The molecule has 1 aliphatic heterocycles. The average molecular weight is 627 g/mol. The van der Waals surface area contributed by atoms with Crippen molar-refractivity contribution < 1.29 is 38.6 Å². The third-order valence-corrected chi connectivity index (χ3v) is 8.22. The number of carbonyl (C=O) groups excluding carboxylic acids is 4. The number of carboxylic acids is 1. The van der Waals surface area contributed by atoms with Gasteiger partial charge in [0.05, 0.1) is 12.3 Å². The molecule has 0 unspecified atom stereocenters. The number of benzene rings is 1. The highest BCUT2D eigenvalue weighted by molar-refractivity contribution is 5.96. The maximum Gasteiger partial charge on any atom is 0.409 e. The van der Waals surface area contributed by atoms with Crippen LogP contribution >= 0.6 is 0 Å². The van der Waals surface area contributed by atoms with Gasteiger partial charge in [-0.3, -0.25) is 19.2 Å². The molecule has 4 amide bonds. The Labute approximate surface area is 262 Å². The highest BCUT2D eigenvalue weighted by Gasteiger charge is 2.49. The normalized spacial score (nSPS) is 16.4. The Morgan fingerprint density at radius 1 is 1.04 bits per heavy atom. The molecule has 0 bridgehead atoms. The average Bonchev–Trinajstić information content (AvgIpc) is 3.44. The van der Waals surface area contributed by atoms with Gasteiger partial charge in [-0.25, -0.2) is 9.48 Å². The Bertz CT molecular complexity index is 1380. The third-order valence-electron chi connectivity index (χ3n) is 8.22. The fraction of sp³-hybridized carbons (Fsp3) is 0.548. The SMILES string of the molecule is CCOC(=O)N1CCN(C(=O)[C@H](CCC(=O)O)NC(=O)c2cc(OC3(C(=O)N(C)C(C)C)CCC3)n(-c3ccccc3)n2)CC1. The number of rotatable bonds is 12. The lowest BCUT2D eigenvalue weighted by atomic mass is 9.78. The lowest BCUT2D eigenvalue weighted by molar-refractivity contribution is -0.156. The summed E-state index contributed by atoms with van der Waals surface area (Å²) in [7, 11) is 1.73. The zero-order chi connectivity index (χ0) is 32.7. The molecule has 2 aliphatic rings. The monoisotopic (exact) mass is 626 g/mol. The zero-order valence-corrected chi connectivity index (χ0v) is 26.2. The molecule has 45 heavy (non-hydrogen) atoms. The molecule has 1 aliphatic carbocycles. The first-order valence-electron chi connectivity index (χ1n) is 15.3. The van der Waals surface area contributed by atoms with Crippen molar-refractivity contribution in [3.63, 3.8) is 0 Å². The van der Waals surface area contributed by atoms with E-state index in [4.69, 9.17) is 9.47 Å². The number of likely N-dealkylation sites (N-methyl/N-ethyl adjacent to an activating group) is 1. The van der Waals surface area contributed by atoms with Crippen molar-refractivity contribution in [2.45, 2.75) is 70.6 Å². The lowest BCUT2D eigenvalue weighted by Crippen LogP contribution is -2.57. The number of carbonyl (C=O) groups is 5. The van der Waals surface area contributed by atoms with Gasteiger partial charge in [-0.2, -0.15) is 5.10 Å². The fourth-order valence-corrected chi connectivity index (χ4v) is 5.22. The number of piperazine rings is 1. The summed E-state index contributed by atoms with van der Waals surface area (Å²) in [5.41, 5.74) is -0.553. The predicted octanol–water partition coefficient (Wildman–Crippen LogP) is 2.30. The largest absolute Gasteiger partial charge is 0.481 e.